The minimum absolute atomic E-state index is 0.146. The zero-order chi connectivity index (χ0) is 19.2. The number of ether oxygens (including phenoxy) is 1. The molecule has 1 aliphatic heterocycles. The first-order valence-corrected chi connectivity index (χ1v) is 8.13. The number of benzene rings is 1. The quantitative estimate of drug-likeness (QED) is 0.495. The van der Waals surface area contributed by atoms with Crippen LogP contribution in [0.1, 0.15) is 22.0 Å². The van der Waals surface area contributed by atoms with Crippen molar-refractivity contribution in [2.45, 2.75) is 19.3 Å². The van der Waals surface area contributed by atoms with Crippen LogP contribution in [-0.4, -0.2) is 43.4 Å². The molecule has 0 fully saturated rings. The number of aldehydes is 1. The number of aromatic nitrogens is 5. The highest BCUT2D eigenvalue weighted by molar-refractivity contribution is 6.31. The van der Waals surface area contributed by atoms with Gasteiger partial charge >= 0.3 is 6.18 Å². The molecule has 1 aromatic carbocycles. The zero-order valence-corrected chi connectivity index (χ0v) is 14.3. The molecular weight excluding hydrogens is 387 g/mol. The third kappa shape index (κ3) is 3.21. The van der Waals surface area contributed by atoms with Gasteiger partial charge in [0.1, 0.15) is 25.2 Å². The largest absolute Gasteiger partial charge is 0.411 e. The highest BCUT2D eigenvalue weighted by Crippen LogP contribution is 2.34. The zero-order valence-electron chi connectivity index (χ0n) is 13.6. The van der Waals surface area contributed by atoms with Crippen LogP contribution in [0.25, 0.3) is 17.1 Å². The molecule has 0 saturated heterocycles. The van der Waals surface area contributed by atoms with Crippen molar-refractivity contribution in [1.82, 2.24) is 24.3 Å². The Morgan fingerprint density at radius 1 is 1.30 bits per heavy atom. The van der Waals surface area contributed by atoms with Gasteiger partial charge in [0.15, 0.2) is 17.9 Å². The van der Waals surface area contributed by atoms with Gasteiger partial charge in [-0.15, -0.1) is 10.2 Å². The first-order chi connectivity index (χ1) is 12.9. The van der Waals surface area contributed by atoms with Crippen LogP contribution in [0.2, 0.25) is 5.02 Å². The van der Waals surface area contributed by atoms with E-state index in [2.05, 4.69) is 15.2 Å². The lowest BCUT2D eigenvalue weighted by molar-refractivity contribution is -0.177. The second kappa shape index (κ2) is 6.46. The minimum Gasteiger partial charge on any atom is -0.364 e. The maximum atomic E-state index is 12.4. The van der Waals surface area contributed by atoms with Crippen molar-refractivity contribution in [3.63, 3.8) is 0 Å². The monoisotopic (exact) mass is 397 g/mol. The molecule has 3 aromatic rings. The number of rotatable bonds is 4. The number of imidazole rings is 1. The van der Waals surface area contributed by atoms with Crippen LogP contribution in [0.5, 0.6) is 0 Å². The summed E-state index contributed by atoms with van der Waals surface area (Å²) < 4.78 is 45.1. The van der Waals surface area contributed by atoms with Crippen LogP contribution in [0, 0.1) is 0 Å². The van der Waals surface area contributed by atoms with E-state index in [-0.39, 0.29) is 24.7 Å². The van der Waals surface area contributed by atoms with E-state index in [1.54, 1.807) is 27.3 Å². The Balaban J connectivity index is 1.81. The number of hydrogen-bond donors (Lipinski definition) is 0. The summed E-state index contributed by atoms with van der Waals surface area (Å²) in [5.41, 5.74) is 2.08. The predicted octanol–water partition coefficient (Wildman–Crippen LogP) is 3.04. The van der Waals surface area contributed by atoms with Crippen molar-refractivity contribution in [3.05, 3.63) is 46.8 Å². The molecule has 0 saturated carbocycles. The molecule has 0 radical (unpaired) electrons. The molecule has 0 N–H and O–H groups in total. The molecule has 1 aliphatic rings. The van der Waals surface area contributed by atoms with Crippen LogP contribution in [0.3, 0.4) is 0 Å². The third-order valence-corrected chi connectivity index (χ3v) is 4.34. The van der Waals surface area contributed by atoms with Crippen LogP contribution >= 0.6 is 11.6 Å². The summed E-state index contributed by atoms with van der Waals surface area (Å²) >= 11 is 6.11. The smallest absolute Gasteiger partial charge is 0.364 e. The van der Waals surface area contributed by atoms with Gasteiger partial charge in [-0.3, -0.25) is 9.36 Å². The van der Waals surface area contributed by atoms with E-state index in [9.17, 15) is 18.0 Å². The van der Waals surface area contributed by atoms with Crippen molar-refractivity contribution in [1.29, 1.82) is 0 Å². The Morgan fingerprint density at radius 2 is 2.11 bits per heavy atom. The maximum absolute atomic E-state index is 12.4. The van der Waals surface area contributed by atoms with Gasteiger partial charge in [-0.2, -0.15) is 13.2 Å². The second-order valence-electron chi connectivity index (χ2n) is 5.86. The lowest BCUT2D eigenvalue weighted by Crippen LogP contribution is -2.18. The molecule has 0 amide bonds. The van der Waals surface area contributed by atoms with E-state index in [1.807, 2.05) is 0 Å². The summed E-state index contributed by atoms with van der Waals surface area (Å²) in [7, 11) is 0. The molecule has 0 atom stereocenters. The van der Waals surface area contributed by atoms with Gasteiger partial charge in [-0.25, -0.2) is 4.98 Å². The molecule has 27 heavy (non-hydrogen) atoms. The molecule has 4 rings (SSSR count). The molecule has 2 aromatic heterocycles. The van der Waals surface area contributed by atoms with Crippen LogP contribution in [-0.2, 0) is 17.9 Å². The summed E-state index contributed by atoms with van der Waals surface area (Å²) in [6.45, 7) is -1.63. The fourth-order valence-corrected chi connectivity index (χ4v) is 3.14. The Labute approximate surface area is 155 Å². The van der Waals surface area contributed by atoms with Gasteiger partial charge < -0.3 is 9.30 Å². The summed E-state index contributed by atoms with van der Waals surface area (Å²) in [6.07, 6.45) is -2.31. The number of halogens is 4. The lowest BCUT2D eigenvalue weighted by Gasteiger charge is -2.10. The Morgan fingerprint density at radius 3 is 2.85 bits per heavy atom. The SMILES string of the molecule is O=Cc1ncn2c1Cn1c(COCC(F)(F)F)nnc1-c1cc(Cl)ccc1-2. The maximum Gasteiger partial charge on any atom is 0.411 e. The standard InChI is InChI=1S/C16H11ClF3N5O2/c17-9-1-2-12-10(3-9)15-23-22-14(6-27-7-16(18,19)20)24(15)4-13-11(5-26)21-8-25(12)13/h1-3,5,8H,4,6-7H2. The molecule has 11 heteroatoms. The normalized spacial score (nSPS) is 12.9. The minimum atomic E-state index is -4.44. The Kier molecular flexibility index (Phi) is 4.23. The molecule has 0 unspecified atom stereocenters. The Hall–Kier alpha value is -2.72. The molecular formula is C16H11ClF3N5O2. The van der Waals surface area contributed by atoms with Gasteiger partial charge in [-0.05, 0) is 18.2 Å². The number of alkyl halides is 3. The molecule has 7 nitrogen and oxygen atoms in total. The average molecular weight is 398 g/mol. The Bertz CT molecular complexity index is 1030. The van der Waals surface area contributed by atoms with Crippen molar-refractivity contribution >= 4 is 17.9 Å². The highest BCUT2D eigenvalue weighted by atomic mass is 35.5. The second-order valence-corrected chi connectivity index (χ2v) is 6.30. The number of nitrogens with zero attached hydrogens (tertiary/aromatic N) is 5. The lowest BCUT2D eigenvalue weighted by atomic mass is 10.1. The highest BCUT2D eigenvalue weighted by Gasteiger charge is 2.29. The van der Waals surface area contributed by atoms with Gasteiger partial charge in [0.05, 0.1) is 17.9 Å². The van der Waals surface area contributed by atoms with Gasteiger partial charge in [-0.1, -0.05) is 11.6 Å². The first kappa shape index (κ1) is 17.7. The van der Waals surface area contributed by atoms with Gasteiger partial charge in [0, 0.05) is 10.6 Å². The van der Waals surface area contributed by atoms with Crippen molar-refractivity contribution in [2.75, 3.05) is 6.61 Å². The van der Waals surface area contributed by atoms with Crippen LogP contribution in [0.15, 0.2) is 24.5 Å². The van der Waals surface area contributed by atoms with E-state index < -0.39 is 12.8 Å². The van der Waals surface area contributed by atoms with Gasteiger partial charge in [0.25, 0.3) is 0 Å². The molecule has 3 heterocycles. The van der Waals surface area contributed by atoms with Crippen LogP contribution in [0.4, 0.5) is 13.2 Å². The number of carbonyl (C=O) groups is 1. The van der Waals surface area contributed by atoms with Crippen molar-refractivity contribution in [2.24, 2.45) is 0 Å². The van der Waals surface area contributed by atoms with E-state index in [1.165, 1.54) is 6.33 Å². The summed E-state index contributed by atoms with van der Waals surface area (Å²) in [5.74, 6) is 0.616. The summed E-state index contributed by atoms with van der Waals surface area (Å²) in [5, 5.41) is 8.52. The predicted molar refractivity (Wildman–Crippen MR) is 87.8 cm³/mol. The van der Waals surface area contributed by atoms with E-state index in [4.69, 9.17) is 16.3 Å². The van der Waals surface area contributed by atoms with Crippen molar-refractivity contribution in [3.8, 4) is 17.1 Å². The fraction of sp³-hybridized carbons (Fsp3) is 0.250. The van der Waals surface area contributed by atoms with Gasteiger partial charge in [0.2, 0.25) is 0 Å². The van der Waals surface area contributed by atoms with E-state index in [0.717, 1.165) is 0 Å². The summed E-state index contributed by atoms with van der Waals surface area (Å²) in [6, 6.07) is 5.11. The van der Waals surface area contributed by atoms with Crippen molar-refractivity contribution < 1.29 is 22.7 Å². The number of hydrogen-bond acceptors (Lipinski definition) is 5. The first-order valence-electron chi connectivity index (χ1n) is 7.75. The average Bonchev–Trinajstić information content (AvgIpc) is 3.15. The molecule has 0 spiro atoms. The molecule has 0 aliphatic carbocycles. The third-order valence-electron chi connectivity index (χ3n) is 4.10. The summed E-state index contributed by atoms with van der Waals surface area (Å²) in [4.78, 5) is 15.4. The number of fused-ring (bicyclic) bond motifs is 5. The topological polar surface area (TPSA) is 74.8 Å². The van der Waals surface area contributed by atoms with E-state index in [0.29, 0.717) is 34.1 Å². The van der Waals surface area contributed by atoms with Crippen LogP contribution < -0.4 is 0 Å². The van der Waals surface area contributed by atoms with E-state index >= 15 is 0 Å². The number of carbonyl (C=O) groups excluding carboxylic acids is 1. The molecule has 140 valence electrons. The molecule has 0 bridgehead atoms. The fourth-order valence-electron chi connectivity index (χ4n) is 2.96.